The second-order valence-electron chi connectivity index (χ2n) is 5.36. The summed E-state index contributed by atoms with van der Waals surface area (Å²) in [4.78, 5) is 21.9. The molecule has 0 heterocycles. The highest BCUT2D eigenvalue weighted by Crippen LogP contribution is 2.05. The van der Waals surface area contributed by atoms with Crippen LogP contribution in [0.4, 0.5) is 0 Å². The third-order valence-electron chi connectivity index (χ3n) is 3.10. The topological polar surface area (TPSA) is 63.6 Å². The maximum absolute atomic E-state index is 11.4. The van der Waals surface area contributed by atoms with E-state index in [0.29, 0.717) is 17.6 Å². The molecule has 1 unspecified atom stereocenters. The van der Waals surface area contributed by atoms with E-state index in [4.69, 9.17) is 9.84 Å². The van der Waals surface area contributed by atoms with E-state index < -0.39 is 5.97 Å². The van der Waals surface area contributed by atoms with Gasteiger partial charge in [0.05, 0.1) is 46.1 Å². The number of nitrogens with zero attached hydrogens (tertiary/aromatic N) is 1. The van der Waals surface area contributed by atoms with Crippen LogP contribution in [-0.4, -0.2) is 55.3 Å². The van der Waals surface area contributed by atoms with E-state index in [0.717, 1.165) is 19.4 Å². The minimum absolute atomic E-state index is 0.0421. The quantitative estimate of drug-likeness (QED) is 0.388. The van der Waals surface area contributed by atoms with Crippen molar-refractivity contribution in [1.29, 1.82) is 0 Å². The molecule has 0 bridgehead atoms. The Labute approximate surface area is 109 Å². The number of ether oxygens (including phenoxy) is 1. The van der Waals surface area contributed by atoms with Crippen LogP contribution in [0.1, 0.15) is 33.1 Å². The average molecular weight is 260 g/mol. The summed E-state index contributed by atoms with van der Waals surface area (Å²) in [6.07, 6.45) is 1.72. The number of rotatable bonds is 9. The van der Waals surface area contributed by atoms with E-state index in [1.54, 1.807) is 0 Å². The lowest BCUT2D eigenvalue weighted by atomic mass is 10.1. The zero-order chi connectivity index (χ0) is 14.2. The molecule has 0 aliphatic heterocycles. The molecule has 106 valence electrons. The third kappa shape index (κ3) is 8.06. The van der Waals surface area contributed by atoms with Crippen LogP contribution in [0.2, 0.25) is 0 Å². The van der Waals surface area contributed by atoms with Gasteiger partial charge in [0, 0.05) is 6.42 Å². The molecule has 0 fully saturated rings. The predicted octanol–water partition coefficient (Wildman–Crippen LogP) is 1.52. The molecule has 0 aromatic carbocycles. The van der Waals surface area contributed by atoms with Gasteiger partial charge in [-0.25, -0.2) is 0 Å². The van der Waals surface area contributed by atoms with E-state index in [-0.39, 0.29) is 18.3 Å². The highest BCUT2D eigenvalue weighted by atomic mass is 16.5. The molecule has 1 atom stereocenters. The van der Waals surface area contributed by atoms with Gasteiger partial charge in [-0.15, -0.1) is 0 Å². The fourth-order valence-corrected chi connectivity index (χ4v) is 1.48. The van der Waals surface area contributed by atoms with Crippen LogP contribution in [-0.2, 0) is 14.3 Å². The Hall–Kier alpha value is -1.10. The molecule has 5 heteroatoms. The summed E-state index contributed by atoms with van der Waals surface area (Å²) in [7, 11) is 3.97. The Balaban J connectivity index is 3.76. The van der Waals surface area contributed by atoms with E-state index in [1.165, 1.54) is 0 Å². The fraction of sp³-hybridized carbons (Fsp3) is 0.846. The van der Waals surface area contributed by atoms with Crippen molar-refractivity contribution >= 4 is 11.9 Å². The van der Waals surface area contributed by atoms with Gasteiger partial charge in [-0.1, -0.05) is 13.8 Å². The zero-order valence-corrected chi connectivity index (χ0v) is 11.9. The van der Waals surface area contributed by atoms with Crippen molar-refractivity contribution < 1.29 is 23.9 Å². The molecule has 0 aliphatic rings. The van der Waals surface area contributed by atoms with Crippen molar-refractivity contribution in [2.24, 2.45) is 5.92 Å². The Morgan fingerprint density at radius 2 is 1.89 bits per heavy atom. The van der Waals surface area contributed by atoms with Crippen LogP contribution < -0.4 is 0 Å². The lowest BCUT2D eigenvalue weighted by Crippen LogP contribution is -2.42. The first-order valence-electron chi connectivity index (χ1n) is 6.49. The number of quaternary nitrogens is 1. The molecule has 0 spiro atoms. The highest BCUT2D eigenvalue weighted by molar-refractivity contribution is 5.71. The van der Waals surface area contributed by atoms with Crippen LogP contribution in [0.25, 0.3) is 0 Å². The van der Waals surface area contributed by atoms with Crippen LogP contribution >= 0.6 is 0 Å². The van der Waals surface area contributed by atoms with Crippen molar-refractivity contribution in [2.75, 3.05) is 33.8 Å². The zero-order valence-electron chi connectivity index (χ0n) is 11.9. The van der Waals surface area contributed by atoms with Gasteiger partial charge < -0.3 is 14.3 Å². The Morgan fingerprint density at radius 3 is 2.39 bits per heavy atom. The van der Waals surface area contributed by atoms with Gasteiger partial charge in [-0.05, 0) is 6.42 Å². The standard InChI is InChI=1S/C13H25NO4/c1-5-11(2)13(17)18-10-6-8-14(3,4)9-7-12(15)16/h11H,5-10H2,1-4H3/p+1. The van der Waals surface area contributed by atoms with Crippen LogP contribution in [0.3, 0.4) is 0 Å². The van der Waals surface area contributed by atoms with Crippen molar-refractivity contribution in [3.8, 4) is 0 Å². The predicted molar refractivity (Wildman–Crippen MR) is 69.1 cm³/mol. The van der Waals surface area contributed by atoms with Crippen molar-refractivity contribution in [2.45, 2.75) is 33.1 Å². The SMILES string of the molecule is CCC(C)C(=O)OCCC[N+](C)(C)CCC(=O)O. The molecule has 18 heavy (non-hydrogen) atoms. The summed E-state index contributed by atoms with van der Waals surface area (Å²) in [5.41, 5.74) is 0. The summed E-state index contributed by atoms with van der Waals surface area (Å²) in [5.74, 6) is -0.961. The molecule has 5 nitrogen and oxygen atoms in total. The summed E-state index contributed by atoms with van der Waals surface area (Å²) in [6, 6.07) is 0. The smallest absolute Gasteiger partial charge is 0.309 e. The molecular formula is C13H26NO4+. The molecule has 0 rings (SSSR count). The van der Waals surface area contributed by atoms with Crippen molar-refractivity contribution in [3.05, 3.63) is 0 Å². The summed E-state index contributed by atoms with van der Waals surface area (Å²) >= 11 is 0. The maximum atomic E-state index is 11.4. The molecule has 0 aromatic rings. The van der Waals surface area contributed by atoms with Crippen molar-refractivity contribution in [3.63, 3.8) is 0 Å². The normalized spacial score (nSPS) is 13.1. The van der Waals surface area contributed by atoms with Crippen LogP contribution in [0, 0.1) is 5.92 Å². The Kier molecular flexibility index (Phi) is 7.59. The van der Waals surface area contributed by atoms with Gasteiger partial charge in [-0.3, -0.25) is 9.59 Å². The molecule has 0 aromatic heterocycles. The number of carboxylic acid groups (broad SMARTS) is 1. The first kappa shape index (κ1) is 16.9. The minimum atomic E-state index is -0.774. The van der Waals surface area contributed by atoms with E-state index in [9.17, 15) is 9.59 Å². The number of carbonyl (C=O) groups is 2. The number of hydrogen-bond donors (Lipinski definition) is 1. The fourth-order valence-electron chi connectivity index (χ4n) is 1.48. The summed E-state index contributed by atoms with van der Waals surface area (Å²) < 4.78 is 5.78. The molecule has 0 saturated heterocycles. The van der Waals surface area contributed by atoms with Gasteiger partial charge >= 0.3 is 11.9 Å². The van der Waals surface area contributed by atoms with Crippen LogP contribution in [0.5, 0.6) is 0 Å². The highest BCUT2D eigenvalue weighted by Gasteiger charge is 2.17. The van der Waals surface area contributed by atoms with E-state index in [1.807, 2.05) is 27.9 Å². The molecule has 0 radical (unpaired) electrons. The van der Waals surface area contributed by atoms with Crippen molar-refractivity contribution in [1.82, 2.24) is 0 Å². The van der Waals surface area contributed by atoms with Gasteiger partial charge in [0.25, 0.3) is 0 Å². The molecule has 0 amide bonds. The first-order chi connectivity index (χ1) is 8.28. The number of hydrogen-bond acceptors (Lipinski definition) is 3. The number of esters is 1. The van der Waals surface area contributed by atoms with Gasteiger partial charge in [0.2, 0.25) is 0 Å². The minimum Gasteiger partial charge on any atom is -0.481 e. The monoisotopic (exact) mass is 260 g/mol. The number of carboxylic acids is 1. The van der Waals surface area contributed by atoms with E-state index in [2.05, 4.69) is 0 Å². The number of aliphatic carboxylic acids is 1. The van der Waals surface area contributed by atoms with E-state index >= 15 is 0 Å². The number of carbonyl (C=O) groups excluding carboxylic acids is 1. The largest absolute Gasteiger partial charge is 0.481 e. The maximum Gasteiger partial charge on any atom is 0.309 e. The molecule has 1 N–H and O–H groups in total. The first-order valence-corrected chi connectivity index (χ1v) is 6.49. The molecule has 0 aliphatic carbocycles. The van der Waals surface area contributed by atoms with Gasteiger partial charge in [-0.2, -0.15) is 0 Å². The molecular weight excluding hydrogens is 234 g/mol. The lowest BCUT2D eigenvalue weighted by molar-refractivity contribution is -0.890. The second-order valence-corrected chi connectivity index (χ2v) is 5.36. The summed E-state index contributed by atoms with van der Waals surface area (Å²) in [6.45, 7) is 5.63. The van der Waals surface area contributed by atoms with Crippen LogP contribution in [0.15, 0.2) is 0 Å². The summed E-state index contributed by atoms with van der Waals surface area (Å²) in [5, 5.41) is 8.63. The Morgan fingerprint density at radius 1 is 1.28 bits per heavy atom. The Bertz CT molecular complexity index is 276. The lowest BCUT2D eigenvalue weighted by Gasteiger charge is -2.29. The second kappa shape index (κ2) is 8.08. The average Bonchev–Trinajstić information content (AvgIpc) is 2.31. The van der Waals surface area contributed by atoms with Gasteiger partial charge in [0.1, 0.15) is 0 Å². The third-order valence-corrected chi connectivity index (χ3v) is 3.10. The molecule has 0 saturated carbocycles. The van der Waals surface area contributed by atoms with Gasteiger partial charge in [0.15, 0.2) is 0 Å².